The van der Waals surface area contributed by atoms with Crippen LogP contribution in [-0.2, 0) is 0 Å². The first-order valence-corrected chi connectivity index (χ1v) is 9.66. The maximum Gasteiger partial charge on any atom is 0.321 e. The summed E-state index contributed by atoms with van der Waals surface area (Å²) >= 11 is 3.31. The van der Waals surface area contributed by atoms with E-state index in [0.29, 0.717) is 19.1 Å². The van der Waals surface area contributed by atoms with Gasteiger partial charge in [0.15, 0.2) is 0 Å². The number of amides is 2. The van der Waals surface area contributed by atoms with E-state index in [2.05, 4.69) is 31.2 Å². The van der Waals surface area contributed by atoms with Crippen LogP contribution in [0.15, 0.2) is 59.3 Å². The molecule has 0 aliphatic carbocycles. The predicted octanol–water partition coefficient (Wildman–Crippen LogP) is 4.47. The van der Waals surface area contributed by atoms with Crippen LogP contribution in [0.25, 0.3) is 10.8 Å². The Hall–Kier alpha value is -2.67. The highest BCUT2D eigenvalue weighted by Gasteiger charge is 2.25. The van der Waals surface area contributed by atoms with Gasteiger partial charge < -0.3 is 15.0 Å². The zero-order chi connectivity index (χ0) is 18.6. The molecular formula is C20H19BrN4O2. The number of hydrogen-bond donors (Lipinski definition) is 1. The third-order valence-electron chi connectivity index (χ3n) is 4.57. The van der Waals surface area contributed by atoms with Gasteiger partial charge in [0.2, 0.25) is 0 Å². The summed E-state index contributed by atoms with van der Waals surface area (Å²) in [5.74, 6) is 0. The highest BCUT2D eigenvalue weighted by Crippen LogP contribution is 2.24. The van der Waals surface area contributed by atoms with Crippen LogP contribution in [-0.4, -0.2) is 40.1 Å². The molecule has 2 heterocycles. The Labute approximate surface area is 165 Å². The summed E-state index contributed by atoms with van der Waals surface area (Å²) in [6.45, 7) is 1.22. The van der Waals surface area contributed by atoms with Crippen molar-refractivity contribution in [2.24, 2.45) is 0 Å². The van der Waals surface area contributed by atoms with Crippen molar-refractivity contribution in [1.29, 1.82) is 0 Å². The van der Waals surface area contributed by atoms with Gasteiger partial charge in [0.1, 0.15) is 6.10 Å². The fourth-order valence-corrected chi connectivity index (χ4v) is 3.46. The van der Waals surface area contributed by atoms with Gasteiger partial charge in [0.05, 0.1) is 16.7 Å². The number of carbonyl (C=O) groups is 1. The van der Waals surface area contributed by atoms with Crippen LogP contribution < -0.4 is 10.1 Å². The smallest absolute Gasteiger partial charge is 0.321 e. The average molecular weight is 427 g/mol. The number of likely N-dealkylation sites (tertiary alicyclic amines) is 1. The van der Waals surface area contributed by atoms with E-state index < -0.39 is 0 Å². The number of benzene rings is 2. The maximum atomic E-state index is 12.8. The number of halogens is 1. The third kappa shape index (κ3) is 4.19. The van der Waals surface area contributed by atoms with Crippen LogP contribution in [0.3, 0.4) is 0 Å². The van der Waals surface area contributed by atoms with E-state index in [1.54, 1.807) is 17.3 Å². The van der Waals surface area contributed by atoms with Gasteiger partial charge >= 0.3 is 12.0 Å². The van der Waals surface area contributed by atoms with Crippen molar-refractivity contribution in [3.8, 4) is 6.01 Å². The summed E-state index contributed by atoms with van der Waals surface area (Å²) in [7, 11) is 0. The molecule has 0 radical (unpaired) electrons. The molecule has 6 nitrogen and oxygen atoms in total. The Balaban J connectivity index is 1.43. The molecule has 1 aliphatic rings. The van der Waals surface area contributed by atoms with Crippen molar-refractivity contribution >= 4 is 38.4 Å². The maximum absolute atomic E-state index is 12.8. The van der Waals surface area contributed by atoms with Gasteiger partial charge in [-0.15, -0.1) is 0 Å². The van der Waals surface area contributed by atoms with Crippen molar-refractivity contribution < 1.29 is 9.53 Å². The molecule has 1 aromatic heterocycles. The van der Waals surface area contributed by atoms with Crippen molar-refractivity contribution in [2.45, 2.75) is 18.9 Å². The number of carbonyl (C=O) groups excluding carboxylic acids is 1. The monoisotopic (exact) mass is 426 g/mol. The minimum absolute atomic E-state index is 0.113. The zero-order valence-electron chi connectivity index (χ0n) is 14.6. The highest BCUT2D eigenvalue weighted by molar-refractivity contribution is 9.10. The Bertz CT molecular complexity index is 943. The normalized spacial score (nSPS) is 16.9. The van der Waals surface area contributed by atoms with E-state index in [-0.39, 0.29) is 12.1 Å². The average Bonchev–Trinajstić information content (AvgIpc) is 2.70. The molecule has 1 fully saturated rings. The minimum Gasteiger partial charge on any atom is -0.458 e. The van der Waals surface area contributed by atoms with Gasteiger partial charge in [-0.1, -0.05) is 36.4 Å². The van der Waals surface area contributed by atoms with Gasteiger partial charge in [0.25, 0.3) is 0 Å². The first-order chi connectivity index (χ1) is 13.2. The van der Waals surface area contributed by atoms with E-state index in [9.17, 15) is 4.79 Å². The largest absolute Gasteiger partial charge is 0.458 e. The Morgan fingerprint density at radius 2 is 1.93 bits per heavy atom. The summed E-state index contributed by atoms with van der Waals surface area (Å²) in [4.78, 5) is 22.9. The Kier molecular flexibility index (Phi) is 5.20. The van der Waals surface area contributed by atoms with Crippen LogP contribution in [0.5, 0.6) is 6.01 Å². The van der Waals surface area contributed by atoms with Gasteiger partial charge in [0, 0.05) is 24.3 Å². The molecule has 4 rings (SSSR count). The second-order valence-corrected chi connectivity index (χ2v) is 7.38. The van der Waals surface area contributed by atoms with Crippen LogP contribution in [0.4, 0.5) is 10.5 Å². The summed E-state index contributed by atoms with van der Waals surface area (Å²) in [5.41, 5.74) is 0.817. The fraction of sp³-hybridized carbons (Fsp3) is 0.250. The Morgan fingerprint density at radius 3 is 2.78 bits per heavy atom. The lowest BCUT2D eigenvalue weighted by Gasteiger charge is -2.32. The van der Waals surface area contributed by atoms with Gasteiger partial charge in [-0.3, -0.25) is 0 Å². The van der Waals surface area contributed by atoms with Crippen LogP contribution >= 0.6 is 15.9 Å². The molecule has 1 N–H and O–H groups in total. The van der Waals surface area contributed by atoms with E-state index in [1.807, 2.05) is 42.5 Å². The fourth-order valence-electron chi connectivity index (χ4n) is 3.26. The van der Waals surface area contributed by atoms with E-state index in [4.69, 9.17) is 4.74 Å². The molecular weight excluding hydrogens is 408 g/mol. The molecule has 1 aliphatic heterocycles. The SMILES string of the molecule is O=C(Nc1cccc2ccccc12)N1CCCC(Oc2ncc(Br)cn2)C1. The quantitative estimate of drug-likeness (QED) is 0.670. The van der Waals surface area contributed by atoms with Gasteiger partial charge in [-0.05, 0) is 40.2 Å². The molecule has 1 saturated heterocycles. The summed E-state index contributed by atoms with van der Waals surface area (Å²) in [6.07, 6.45) is 4.94. The molecule has 138 valence electrons. The first kappa shape index (κ1) is 17.7. The lowest BCUT2D eigenvalue weighted by Crippen LogP contribution is -2.46. The number of ether oxygens (including phenoxy) is 1. The molecule has 1 atom stereocenters. The van der Waals surface area contributed by atoms with E-state index in [0.717, 1.165) is 33.8 Å². The zero-order valence-corrected chi connectivity index (χ0v) is 16.2. The topological polar surface area (TPSA) is 67.4 Å². The highest BCUT2D eigenvalue weighted by atomic mass is 79.9. The van der Waals surface area contributed by atoms with Crippen molar-refractivity contribution in [1.82, 2.24) is 14.9 Å². The van der Waals surface area contributed by atoms with E-state index >= 15 is 0 Å². The third-order valence-corrected chi connectivity index (χ3v) is 4.97. The van der Waals surface area contributed by atoms with Gasteiger partial charge in [-0.2, -0.15) is 0 Å². The second kappa shape index (κ2) is 7.92. The lowest BCUT2D eigenvalue weighted by atomic mass is 10.1. The second-order valence-electron chi connectivity index (χ2n) is 6.47. The van der Waals surface area contributed by atoms with Crippen LogP contribution in [0.1, 0.15) is 12.8 Å². The summed E-state index contributed by atoms with van der Waals surface area (Å²) < 4.78 is 6.65. The van der Waals surface area contributed by atoms with Crippen molar-refractivity contribution in [3.63, 3.8) is 0 Å². The lowest BCUT2D eigenvalue weighted by molar-refractivity contribution is 0.0983. The predicted molar refractivity (Wildman–Crippen MR) is 108 cm³/mol. The summed E-state index contributed by atoms with van der Waals surface area (Å²) in [6, 6.07) is 14.1. The van der Waals surface area contributed by atoms with Crippen molar-refractivity contribution in [3.05, 3.63) is 59.3 Å². The molecule has 27 heavy (non-hydrogen) atoms. The standard InChI is InChI=1S/C20H19BrN4O2/c21-15-11-22-19(23-12-15)27-16-7-4-10-25(13-16)20(26)24-18-9-3-6-14-5-1-2-8-17(14)18/h1-3,5-6,8-9,11-12,16H,4,7,10,13H2,(H,24,26). The minimum atomic E-state index is -0.114. The molecule has 1 unspecified atom stereocenters. The Morgan fingerprint density at radius 1 is 1.15 bits per heavy atom. The summed E-state index contributed by atoms with van der Waals surface area (Å²) in [5, 5.41) is 5.17. The number of nitrogens with one attached hydrogen (secondary N) is 1. The molecule has 7 heteroatoms. The van der Waals surface area contributed by atoms with Crippen LogP contribution in [0, 0.1) is 0 Å². The number of hydrogen-bond acceptors (Lipinski definition) is 4. The number of anilines is 1. The number of rotatable bonds is 3. The molecule has 0 bridgehead atoms. The number of urea groups is 1. The molecule has 0 spiro atoms. The molecule has 2 aromatic carbocycles. The number of fused-ring (bicyclic) bond motifs is 1. The van der Waals surface area contributed by atoms with Gasteiger partial charge in [-0.25, -0.2) is 14.8 Å². The molecule has 3 aromatic rings. The number of piperidine rings is 1. The first-order valence-electron chi connectivity index (χ1n) is 8.87. The number of nitrogens with zero attached hydrogens (tertiary/aromatic N) is 3. The van der Waals surface area contributed by atoms with E-state index in [1.165, 1.54) is 0 Å². The number of aromatic nitrogens is 2. The molecule has 2 amide bonds. The molecule has 0 saturated carbocycles. The van der Waals surface area contributed by atoms with Crippen LogP contribution in [0.2, 0.25) is 0 Å². The van der Waals surface area contributed by atoms with Crippen molar-refractivity contribution in [2.75, 3.05) is 18.4 Å².